The standard InChI is InChI=1S/C53H35N3/c1-34-33-54-30-29-40(34)39-27-28-47-44(31-39)41-17-8-10-20-45(41)53(47)46-21-11-9-18-42(46)51-43(19-12-22-48(51)53)52-55-49(37-15-6-3-7-16-37)32-50(56-52)38-25-23-36(24-26-38)35-13-4-2-5-14-35/h2-33H,1H3. The van der Waals surface area contributed by atoms with Gasteiger partial charge in [0.15, 0.2) is 5.82 Å². The fourth-order valence-electron chi connectivity index (χ4n) is 9.28. The van der Waals surface area contributed by atoms with Crippen LogP contribution >= 0.6 is 0 Å². The van der Waals surface area contributed by atoms with Gasteiger partial charge in [0.2, 0.25) is 0 Å². The van der Waals surface area contributed by atoms with Gasteiger partial charge in [-0.15, -0.1) is 0 Å². The molecule has 2 aliphatic carbocycles. The zero-order valence-electron chi connectivity index (χ0n) is 30.8. The molecule has 0 aliphatic heterocycles. The minimum atomic E-state index is -0.493. The van der Waals surface area contributed by atoms with Crippen LogP contribution in [-0.4, -0.2) is 15.0 Å². The number of benzene rings is 7. The van der Waals surface area contributed by atoms with E-state index < -0.39 is 5.41 Å². The molecule has 2 aromatic heterocycles. The van der Waals surface area contributed by atoms with Crippen LogP contribution in [0.4, 0.5) is 0 Å². The zero-order chi connectivity index (χ0) is 37.2. The molecule has 2 heterocycles. The molecule has 3 nitrogen and oxygen atoms in total. The van der Waals surface area contributed by atoms with Gasteiger partial charge >= 0.3 is 0 Å². The lowest BCUT2D eigenvalue weighted by Gasteiger charge is -2.30. The molecule has 1 atom stereocenters. The first-order valence-corrected chi connectivity index (χ1v) is 19.2. The van der Waals surface area contributed by atoms with Gasteiger partial charge in [-0.2, -0.15) is 0 Å². The van der Waals surface area contributed by atoms with Crippen molar-refractivity contribution in [1.29, 1.82) is 0 Å². The van der Waals surface area contributed by atoms with Crippen molar-refractivity contribution in [2.24, 2.45) is 0 Å². The molecule has 2 aliphatic rings. The van der Waals surface area contributed by atoms with Crippen molar-refractivity contribution in [3.63, 3.8) is 0 Å². The molecule has 1 unspecified atom stereocenters. The number of hydrogen-bond acceptors (Lipinski definition) is 3. The summed E-state index contributed by atoms with van der Waals surface area (Å²) in [6.45, 7) is 2.13. The second-order valence-corrected chi connectivity index (χ2v) is 14.8. The van der Waals surface area contributed by atoms with Crippen LogP contribution in [0.2, 0.25) is 0 Å². The van der Waals surface area contributed by atoms with Gasteiger partial charge in [0.1, 0.15) is 0 Å². The molecule has 3 heteroatoms. The first-order chi connectivity index (χ1) is 27.7. The second-order valence-electron chi connectivity index (χ2n) is 14.8. The second kappa shape index (κ2) is 12.7. The monoisotopic (exact) mass is 713 g/mol. The summed E-state index contributed by atoms with van der Waals surface area (Å²) in [6, 6.07) is 65.6. The maximum absolute atomic E-state index is 5.39. The van der Waals surface area contributed by atoms with Gasteiger partial charge < -0.3 is 0 Å². The topological polar surface area (TPSA) is 38.7 Å². The van der Waals surface area contributed by atoms with Crippen molar-refractivity contribution >= 4 is 0 Å². The van der Waals surface area contributed by atoms with Gasteiger partial charge in [-0.05, 0) is 97.4 Å². The first-order valence-electron chi connectivity index (χ1n) is 19.2. The number of pyridine rings is 1. The highest BCUT2D eigenvalue weighted by molar-refractivity contribution is 6.00. The van der Waals surface area contributed by atoms with Crippen LogP contribution in [0.3, 0.4) is 0 Å². The number of aromatic nitrogens is 3. The first kappa shape index (κ1) is 32.2. The number of fused-ring (bicyclic) bond motifs is 10. The normalized spacial score (nSPS) is 14.6. The lowest BCUT2D eigenvalue weighted by molar-refractivity contribution is 0.794. The van der Waals surface area contributed by atoms with Crippen molar-refractivity contribution < 1.29 is 0 Å². The summed E-state index contributed by atoms with van der Waals surface area (Å²) in [4.78, 5) is 15.1. The third-order valence-corrected chi connectivity index (χ3v) is 11.8. The molecule has 0 bridgehead atoms. The Balaban J connectivity index is 1.14. The molecule has 0 saturated carbocycles. The minimum Gasteiger partial charge on any atom is -0.264 e. The van der Waals surface area contributed by atoms with Gasteiger partial charge in [0, 0.05) is 29.1 Å². The zero-order valence-corrected chi connectivity index (χ0v) is 30.8. The van der Waals surface area contributed by atoms with E-state index in [2.05, 4.69) is 188 Å². The molecule has 9 aromatic rings. The summed E-state index contributed by atoms with van der Waals surface area (Å²) in [5, 5.41) is 0. The third-order valence-electron chi connectivity index (χ3n) is 11.8. The van der Waals surface area contributed by atoms with E-state index in [1.165, 1.54) is 72.3 Å². The van der Waals surface area contributed by atoms with E-state index in [9.17, 15) is 0 Å². The van der Waals surface area contributed by atoms with Crippen LogP contribution in [0, 0.1) is 6.92 Å². The molecule has 262 valence electrons. The average Bonchev–Trinajstić information content (AvgIpc) is 3.74. The molecule has 7 aromatic carbocycles. The van der Waals surface area contributed by atoms with Crippen molar-refractivity contribution in [3.8, 4) is 78.4 Å². The fraction of sp³-hybridized carbons (Fsp3) is 0.0377. The Labute approximate surface area is 326 Å². The molecule has 1 spiro atoms. The molecule has 0 radical (unpaired) electrons. The Morgan fingerprint density at radius 3 is 1.64 bits per heavy atom. The maximum atomic E-state index is 5.39. The molecule has 0 amide bonds. The molecule has 56 heavy (non-hydrogen) atoms. The number of hydrogen-bond donors (Lipinski definition) is 0. The summed E-state index contributed by atoms with van der Waals surface area (Å²) in [7, 11) is 0. The molecule has 0 saturated heterocycles. The summed E-state index contributed by atoms with van der Waals surface area (Å²) < 4.78 is 0. The Morgan fingerprint density at radius 2 is 0.911 bits per heavy atom. The van der Waals surface area contributed by atoms with E-state index in [4.69, 9.17) is 9.97 Å². The van der Waals surface area contributed by atoms with Crippen LogP contribution in [0.25, 0.3) is 78.4 Å². The molecular formula is C53H35N3. The molecule has 0 fully saturated rings. The lowest BCUT2D eigenvalue weighted by Crippen LogP contribution is -2.25. The SMILES string of the molecule is Cc1cnccc1-c1ccc2c(c1)-c1ccccc1C21c2ccccc2-c2c(-c3nc(-c4ccccc4)cc(-c4ccc(-c5ccccc5)cc4)n3)cccc21. The minimum absolute atomic E-state index is 0.493. The summed E-state index contributed by atoms with van der Waals surface area (Å²) in [5.74, 6) is 0.715. The van der Waals surface area contributed by atoms with E-state index in [0.717, 1.165) is 28.1 Å². The van der Waals surface area contributed by atoms with Crippen LogP contribution in [0.15, 0.2) is 194 Å². The Hall–Kier alpha value is -7.23. The predicted molar refractivity (Wildman–Crippen MR) is 228 cm³/mol. The van der Waals surface area contributed by atoms with E-state index in [-0.39, 0.29) is 0 Å². The van der Waals surface area contributed by atoms with E-state index in [0.29, 0.717) is 5.82 Å². The quantitative estimate of drug-likeness (QED) is 0.178. The van der Waals surface area contributed by atoms with Gasteiger partial charge in [0.25, 0.3) is 0 Å². The van der Waals surface area contributed by atoms with Gasteiger partial charge in [-0.1, -0.05) is 164 Å². The van der Waals surface area contributed by atoms with Crippen molar-refractivity contribution in [2.45, 2.75) is 12.3 Å². The molecule has 11 rings (SSSR count). The smallest absolute Gasteiger partial charge is 0.161 e. The molecule has 0 N–H and O–H groups in total. The highest BCUT2D eigenvalue weighted by atomic mass is 14.9. The fourth-order valence-corrected chi connectivity index (χ4v) is 9.28. The number of aryl methyl sites for hydroxylation is 1. The summed E-state index contributed by atoms with van der Waals surface area (Å²) in [5.41, 5.74) is 20.5. The highest BCUT2D eigenvalue weighted by Crippen LogP contribution is 2.64. The van der Waals surface area contributed by atoms with Crippen LogP contribution in [-0.2, 0) is 5.41 Å². The third kappa shape index (κ3) is 4.81. The molecular weight excluding hydrogens is 679 g/mol. The lowest BCUT2D eigenvalue weighted by atomic mass is 9.70. The predicted octanol–water partition coefficient (Wildman–Crippen LogP) is 12.9. The summed E-state index contributed by atoms with van der Waals surface area (Å²) in [6.07, 6.45) is 3.83. The van der Waals surface area contributed by atoms with Gasteiger partial charge in [0.05, 0.1) is 16.8 Å². The number of nitrogens with zero attached hydrogens (tertiary/aromatic N) is 3. The Morgan fingerprint density at radius 1 is 0.375 bits per heavy atom. The van der Waals surface area contributed by atoms with Crippen LogP contribution in [0.1, 0.15) is 27.8 Å². The van der Waals surface area contributed by atoms with Crippen molar-refractivity contribution in [1.82, 2.24) is 15.0 Å². The maximum Gasteiger partial charge on any atom is 0.161 e. The largest absolute Gasteiger partial charge is 0.264 e. The van der Waals surface area contributed by atoms with E-state index in [1.54, 1.807) is 0 Å². The Bertz CT molecular complexity index is 2970. The van der Waals surface area contributed by atoms with Crippen molar-refractivity contribution in [2.75, 3.05) is 0 Å². The summed E-state index contributed by atoms with van der Waals surface area (Å²) >= 11 is 0. The van der Waals surface area contributed by atoms with Crippen LogP contribution in [0.5, 0.6) is 0 Å². The van der Waals surface area contributed by atoms with Crippen molar-refractivity contribution in [3.05, 3.63) is 222 Å². The van der Waals surface area contributed by atoms with Gasteiger partial charge in [-0.25, -0.2) is 9.97 Å². The van der Waals surface area contributed by atoms with Gasteiger partial charge in [-0.3, -0.25) is 4.98 Å². The average molecular weight is 714 g/mol. The van der Waals surface area contributed by atoms with E-state index >= 15 is 0 Å². The van der Waals surface area contributed by atoms with Crippen LogP contribution < -0.4 is 0 Å². The highest BCUT2D eigenvalue weighted by Gasteiger charge is 2.52. The number of rotatable bonds is 5. The van der Waals surface area contributed by atoms with E-state index in [1.807, 2.05) is 18.5 Å². The Kier molecular flexibility index (Phi) is 7.30.